The quantitative estimate of drug-likeness (QED) is 0.0240. The number of carbonyl (C=O) groups excluding carboxylic acids is 1. The first-order valence-electron chi connectivity index (χ1n) is 18.9. The highest BCUT2D eigenvalue weighted by Gasteiger charge is 2.19. The van der Waals surface area contributed by atoms with Gasteiger partial charge in [0.2, 0.25) is 0 Å². The molecule has 0 aliphatic heterocycles. The minimum atomic E-state index is -1.19. The largest absolute Gasteiger partial charge is 0.478 e. The number of hydrogen-bond donors (Lipinski definition) is 2. The molecule has 0 unspecified atom stereocenters. The van der Waals surface area contributed by atoms with E-state index in [4.69, 9.17) is 24.0 Å². The van der Waals surface area contributed by atoms with E-state index in [9.17, 15) is 24.6 Å². The molecule has 0 radical (unpaired) electrons. The van der Waals surface area contributed by atoms with Gasteiger partial charge in [0, 0.05) is 0 Å². The molecular formula is C48H44O10. The Kier molecular flexibility index (Phi) is 14.9. The molecule has 0 saturated carbocycles. The first kappa shape index (κ1) is 41.1. The molecule has 0 bridgehead atoms. The van der Waals surface area contributed by atoms with Crippen molar-refractivity contribution in [2.45, 2.75) is 32.3 Å². The van der Waals surface area contributed by atoms with Crippen molar-refractivity contribution >= 4 is 17.9 Å². The normalized spacial score (nSPS) is 10.9. The zero-order valence-electron chi connectivity index (χ0n) is 31.9. The van der Waals surface area contributed by atoms with Crippen molar-refractivity contribution in [1.82, 2.24) is 0 Å². The summed E-state index contributed by atoms with van der Waals surface area (Å²) in [6.45, 7) is 1.88. The first-order valence-corrected chi connectivity index (χ1v) is 18.9. The van der Waals surface area contributed by atoms with Crippen LogP contribution in [0, 0.1) is 0 Å². The Morgan fingerprint density at radius 2 is 0.931 bits per heavy atom. The van der Waals surface area contributed by atoms with Gasteiger partial charge in [0.1, 0.15) is 12.4 Å². The second-order valence-electron chi connectivity index (χ2n) is 13.6. The molecule has 58 heavy (non-hydrogen) atoms. The van der Waals surface area contributed by atoms with Crippen LogP contribution in [0.15, 0.2) is 146 Å². The van der Waals surface area contributed by atoms with E-state index in [2.05, 4.69) is 0 Å². The first-order chi connectivity index (χ1) is 28.3. The number of esters is 1. The second kappa shape index (κ2) is 21.1. The van der Waals surface area contributed by atoms with E-state index in [0.29, 0.717) is 69.2 Å². The number of carbonyl (C=O) groups is 3. The summed E-state index contributed by atoms with van der Waals surface area (Å²) in [5, 5.41) is 19.5. The van der Waals surface area contributed by atoms with E-state index in [-0.39, 0.29) is 23.3 Å². The van der Waals surface area contributed by atoms with Gasteiger partial charge < -0.3 is 29.3 Å². The maximum absolute atomic E-state index is 12.9. The van der Waals surface area contributed by atoms with Gasteiger partial charge in [-0.15, -0.1) is 0 Å². The number of benzene rings is 6. The van der Waals surface area contributed by atoms with Crippen molar-refractivity contribution in [3.05, 3.63) is 201 Å². The molecule has 0 saturated heterocycles. The van der Waals surface area contributed by atoms with Crippen LogP contribution in [0.25, 0.3) is 0 Å². The molecule has 10 heteroatoms. The van der Waals surface area contributed by atoms with E-state index >= 15 is 0 Å². The minimum Gasteiger partial charge on any atom is -0.478 e. The van der Waals surface area contributed by atoms with Crippen LogP contribution in [0.4, 0.5) is 0 Å². The summed E-state index contributed by atoms with van der Waals surface area (Å²) in [5.74, 6) is -2.13. The molecule has 6 aromatic carbocycles. The van der Waals surface area contributed by atoms with Crippen LogP contribution in [0.1, 0.15) is 70.0 Å². The van der Waals surface area contributed by atoms with Crippen LogP contribution in [0.3, 0.4) is 0 Å². The van der Waals surface area contributed by atoms with Gasteiger partial charge in [-0.2, -0.15) is 4.89 Å². The zero-order valence-corrected chi connectivity index (χ0v) is 31.9. The Labute approximate surface area is 337 Å². The maximum atomic E-state index is 12.9. The van der Waals surface area contributed by atoms with Crippen molar-refractivity contribution < 1.29 is 48.6 Å². The third kappa shape index (κ3) is 12.5. The van der Waals surface area contributed by atoms with Gasteiger partial charge in [-0.05, 0) is 107 Å². The molecule has 6 aromatic rings. The van der Waals surface area contributed by atoms with E-state index in [1.807, 2.05) is 91.0 Å². The SMILES string of the molecule is O=C(O)c1cc(Cc2ccccc2)ccc1COOc1ccc(CCOCCOCCc2ccc(OC(=O)c3ccc(Cc4ccccc4)cc3C(=O)O)cc2)cc1. The number of rotatable bonds is 21. The lowest BCUT2D eigenvalue weighted by atomic mass is 9.99. The van der Waals surface area contributed by atoms with Crippen LogP contribution in [-0.4, -0.2) is 54.5 Å². The van der Waals surface area contributed by atoms with Crippen LogP contribution in [0.2, 0.25) is 0 Å². The van der Waals surface area contributed by atoms with Crippen molar-refractivity contribution in [2.24, 2.45) is 0 Å². The Morgan fingerprint density at radius 1 is 0.448 bits per heavy atom. The average molecular weight is 781 g/mol. The number of aromatic carboxylic acids is 2. The molecule has 0 heterocycles. The fourth-order valence-corrected chi connectivity index (χ4v) is 6.24. The summed E-state index contributed by atoms with van der Waals surface area (Å²) in [5.41, 5.74) is 6.48. The highest BCUT2D eigenvalue weighted by Crippen LogP contribution is 2.21. The maximum Gasteiger partial charge on any atom is 0.344 e. The second-order valence-corrected chi connectivity index (χ2v) is 13.6. The average Bonchev–Trinajstić information content (AvgIpc) is 3.24. The fourth-order valence-electron chi connectivity index (χ4n) is 6.24. The Morgan fingerprint density at radius 3 is 1.47 bits per heavy atom. The minimum absolute atomic E-state index is 0.00861. The van der Waals surface area contributed by atoms with E-state index < -0.39 is 17.9 Å². The monoisotopic (exact) mass is 780 g/mol. The van der Waals surface area contributed by atoms with Crippen molar-refractivity contribution in [3.8, 4) is 11.5 Å². The van der Waals surface area contributed by atoms with Crippen LogP contribution in [-0.2, 0) is 46.7 Å². The van der Waals surface area contributed by atoms with Crippen molar-refractivity contribution in [3.63, 3.8) is 0 Å². The Balaban J connectivity index is 0.841. The molecule has 296 valence electrons. The molecule has 2 N–H and O–H groups in total. The molecule has 0 fully saturated rings. The van der Waals surface area contributed by atoms with Crippen LogP contribution in [0.5, 0.6) is 11.5 Å². The van der Waals surface area contributed by atoms with Crippen molar-refractivity contribution in [2.75, 3.05) is 26.4 Å². The van der Waals surface area contributed by atoms with E-state index in [0.717, 1.165) is 33.4 Å². The Bertz CT molecular complexity index is 2250. The molecule has 0 aliphatic carbocycles. The molecule has 0 atom stereocenters. The predicted molar refractivity (Wildman–Crippen MR) is 218 cm³/mol. The molecule has 6 rings (SSSR count). The number of carboxylic acids is 2. The van der Waals surface area contributed by atoms with Gasteiger partial charge in [0.05, 0.1) is 43.1 Å². The third-order valence-electron chi connectivity index (χ3n) is 9.31. The molecule has 0 aromatic heterocycles. The van der Waals surface area contributed by atoms with Gasteiger partial charge in [0.25, 0.3) is 0 Å². The summed E-state index contributed by atoms with van der Waals surface area (Å²) in [6.07, 6.45) is 2.54. The zero-order chi connectivity index (χ0) is 40.5. The fraction of sp³-hybridized carbons (Fsp3) is 0.188. The predicted octanol–water partition coefficient (Wildman–Crippen LogP) is 8.81. The van der Waals surface area contributed by atoms with Gasteiger partial charge >= 0.3 is 17.9 Å². The molecule has 10 nitrogen and oxygen atoms in total. The summed E-state index contributed by atoms with van der Waals surface area (Å²) in [6, 6.07) is 44.1. The third-order valence-corrected chi connectivity index (χ3v) is 9.31. The smallest absolute Gasteiger partial charge is 0.344 e. The molecule has 0 aliphatic rings. The highest BCUT2D eigenvalue weighted by molar-refractivity contribution is 6.03. The van der Waals surface area contributed by atoms with Gasteiger partial charge in [-0.1, -0.05) is 103 Å². The lowest BCUT2D eigenvalue weighted by molar-refractivity contribution is -0.217. The van der Waals surface area contributed by atoms with Gasteiger partial charge in [-0.3, -0.25) is 0 Å². The van der Waals surface area contributed by atoms with Gasteiger partial charge in [-0.25, -0.2) is 14.4 Å². The number of carboxylic acid groups (broad SMARTS) is 2. The Hall–Kier alpha value is -6.59. The lowest BCUT2D eigenvalue weighted by Gasteiger charge is -2.10. The number of ether oxygens (including phenoxy) is 3. The standard InChI is InChI=1S/C48H44O10/c49-46(50)44-31-38(29-36-7-3-1-4-8-36)11-17-40(44)33-56-58-42-20-14-35(15-21-42)24-26-55-28-27-54-25-23-34-12-18-41(19-13-34)57-48(53)43-22-16-39(32-45(43)47(51)52)30-37-9-5-2-6-10-37/h1-22,31-32H,23-30,33H2,(H,49,50)(H,51,52). The van der Waals surface area contributed by atoms with Crippen LogP contribution >= 0.6 is 0 Å². The highest BCUT2D eigenvalue weighted by atomic mass is 17.2. The van der Waals surface area contributed by atoms with E-state index in [1.165, 1.54) is 12.1 Å². The topological polar surface area (TPSA) is 138 Å². The molecule has 0 amide bonds. The molecule has 0 spiro atoms. The summed E-state index contributed by atoms with van der Waals surface area (Å²) in [7, 11) is 0. The van der Waals surface area contributed by atoms with Crippen LogP contribution < -0.4 is 9.62 Å². The van der Waals surface area contributed by atoms with E-state index in [1.54, 1.807) is 42.5 Å². The summed E-state index contributed by atoms with van der Waals surface area (Å²) < 4.78 is 17.0. The number of hydrogen-bond acceptors (Lipinski definition) is 8. The van der Waals surface area contributed by atoms with Crippen molar-refractivity contribution in [1.29, 1.82) is 0 Å². The summed E-state index contributed by atoms with van der Waals surface area (Å²) >= 11 is 0. The summed E-state index contributed by atoms with van der Waals surface area (Å²) in [4.78, 5) is 47.6. The van der Waals surface area contributed by atoms with Gasteiger partial charge in [0.15, 0.2) is 5.75 Å². The molecular weight excluding hydrogens is 737 g/mol. The lowest BCUT2D eigenvalue weighted by Crippen LogP contribution is -2.14.